The first-order chi connectivity index (χ1) is 11.3. The van der Waals surface area contributed by atoms with Crippen LogP contribution in [0.3, 0.4) is 0 Å². The summed E-state index contributed by atoms with van der Waals surface area (Å²) < 4.78 is 5.15. The van der Waals surface area contributed by atoms with Gasteiger partial charge in [-0.1, -0.05) is 23.2 Å². The topological polar surface area (TPSA) is 93.4 Å². The number of aryl methyl sites for hydroxylation is 1. The van der Waals surface area contributed by atoms with E-state index >= 15 is 0 Å². The number of rotatable bonds is 3. The Balaban J connectivity index is 2.15. The minimum atomic E-state index is -0.878. The molecule has 2 aromatic carbocycles. The van der Waals surface area contributed by atoms with Crippen molar-refractivity contribution in [1.29, 1.82) is 0 Å². The number of methoxy groups -OCH3 is 1. The van der Waals surface area contributed by atoms with Gasteiger partial charge in [0.1, 0.15) is 5.75 Å². The van der Waals surface area contributed by atoms with Gasteiger partial charge in [0.05, 0.1) is 23.5 Å². The Morgan fingerprint density at radius 1 is 1.00 bits per heavy atom. The van der Waals surface area contributed by atoms with Gasteiger partial charge in [-0.2, -0.15) is 0 Å². The van der Waals surface area contributed by atoms with E-state index in [2.05, 4.69) is 10.6 Å². The molecular formula is C16H15Cl2N3O3. The van der Waals surface area contributed by atoms with Crippen LogP contribution < -0.4 is 21.1 Å². The third-order valence-electron chi connectivity index (χ3n) is 3.18. The van der Waals surface area contributed by atoms with Crippen molar-refractivity contribution in [3.63, 3.8) is 0 Å². The van der Waals surface area contributed by atoms with Crippen molar-refractivity contribution >= 4 is 52.1 Å². The number of hydrogen-bond acceptors (Lipinski definition) is 4. The second kappa shape index (κ2) is 7.42. The molecule has 8 heteroatoms. The van der Waals surface area contributed by atoms with Gasteiger partial charge in [-0.05, 0) is 36.8 Å². The number of carbonyl (C=O) groups excluding carboxylic acids is 2. The summed E-state index contributed by atoms with van der Waals surface area (Å²) >= 11 is 12.0. The molecule has 0 aromatic heterocycles. The lowest BCUT2D eigenvalue weighted by Crippen LogP contribution is -2.29. The number of carbonyl (C=O) groups is 2. The highest BCUT2D eigenvalue weighted by atomic mass is 35.5. The highest BCUT2D eigenvalue weighted by Crippen LogP contribution is 2.31. The fourth-order valence-electron chi connectivity index (χ4n) is 1.92. The number of hydrogen-bond donors (Lipinski definition) is 3. The smallest absolute Gasteiger partial charge is 0.314 e. The van der Waals surface area contributed by atoms with E-state index in [1.807, 2.05) is 0 Å². The highest BCUT2D eigenvalue weighted by Gasteiger charge is 2.18. The van der Waals surface area contributed by atoms with Crippen LogP contribution in [0.15, 0.2) is 30.3 Å². The van der Waals surface area contributed by atoms with Crippen molar-refractivity contribution in [1.82, 2.24) is 0 Å². The summed E-state index contributed by atoms with van der Waals surface area (Å²) in [5, 5.41) is 5.61. The molecule has 0 aliphatic heterocycles. The number of nitrogens with one attached hydrogen (secondary N) is 2. The summed E-state index contributed by atoms with van der Waals surface area (Å²) in [4.78, 5) is 24.1. The number of halogens is 2. The Hall–Kier alpha value is -2.44. The molecular weight excluding hydrogens is 353 g/mol. The summed E-state index contributed by atoms with van der Waals surface area (Å²) in [6.45, 7) is 1.77. The van der Waals surface area contributed by atoms with E-state index in [0.29, 0.717) is 22.1 Å². The first-order valence-electron chi connectivity index (χ1n) is 6.83. The van der Waals surface area contributed by atoms with Crippen molar-refractivity contribution in [2.45, 2.75) is 6.92 Å². The molecule has 0 radical (unpaired) electrons. The molecule has 0 fully saturated rings. The molecule has 0 saturated carbocycles. The number of nitrogens with two attached hydrogens (primary N) is 1. The Morgan fingerprint density at radius 2 is 1.62 bits per heavy atom. The standard InChI is InChI=1S/C16H15Cl2N3O3/c1-8-5-13(14(24-2)7-10(8)17)21-16(23)15(22)20-12-4-3-9(19)6-11(12)18/h3-7H,19H2,1-2H3,(H,20,22)(H,21,23). The van der Waals surface area contributed by atoms with Crippen LogP contribution >= 0.6 is 23.2 Å². The van der Waals surface area contributed by atoms with E-state index in [4.69, 9.17) is 33.7 Å². The molecule has 0 unspecified atom stereocenters. The van der Waals surface area contributed by atoms with Gasteiger partial charge in [-0.25, -0.2) is 0 Å². The average Bonchev–Trinajstić information content (AvgIpc) is 2.53. The number of ether oxygens (including phenoxy) is 1. The Labute approximate surface area is 148 Å². The van der Waals surface area contributed by atoms with Crippen LogP contribution in [0.5, 0.6) is 5.75 Å². The number of anilines is 3. The highest BCUT2D eigenvalue weighted by molar-refractivity contribution is 6.45. The molecule has 2 amide bonds. The zero-order valence-electron chi connectivity index (χ0n) is 12.9. The van der Waals surface area contributed by atoms with Gasteiger partial charge in [-0.15, -0.1) is 0 Å². The average molecular weight is 368 g/mol. The molecule has 2 rings (SSSR count). The van der Waals surface area contributed by atoms with Crippen molar-refractivity contribution in [2.75, 3.05) is 23.5 Å². The Morgan fingerprint density at radius 3 is 2.21 bits per heavy atom. The molecule has 0 aliphatic carbocycles. The maximum absolute atomic E-state index is 12.1. The number of nitrogen functional groups attached to an aromatic ring is 1. The molecule has 0 saturated heterocycles. The van der Waals surface area contributed by atoms with Gasteiger partial charge in [0, 0.05) is 16.8 Å². The largest absolute Gasteiger partial charge is 0.495 e. The molecule has 0 bridgehead atoms. The molecule has 0 aliphatic rings. The van der Waals surface area contributed by atoms with Crippen LogP contribution in [0.4, 0.5) is 17.1 Å². The minimum Gasteiger partial charge on any atom is -0.495 e. The maximum Gasteiger partial charge on any atom is 0.314 e. The van der Waals surface area contributed by atoms with Crippen LogP contribution in [-0.4, -0.2) is 18.9 Å². The van der Waals surface area contributed by atoms with Crippen LogP contribution in [0, 0.1) is 6.92 Å². The van der Waals surface area contributed by atoms with Crippen LogP contribution in [0.1, 0.15) is 5.56 Å². The van der Waals surface area contributed by atoms with Crippen LogP contribution in [-0.2, 0) is 9.59 Å². The summed E-state index contributed by atoms with van der Waals surface area (Å²) in [5.74, 6) is -1.41. The summed E-state index contributed by atoms with van der Waals surface area (Å²) in [6.07, 6.45) is 0. The molecule has 0 heterocycles. The lowest BCUT2D eigenvalue weighted by Gasteiger charge is -2.12. The zero-order chi connectivity index (χ0) is 17.9. The fraction of sp³-hybridized carbons (Fsp3) is 0.125. The predicted molar refractivity (Wildman–Crippen MR) is 95.9 cm³/mol. The van der Waals surface area contributed by atoms with Gasteiger partial charge in [0.2, 0.25) is 0 Å². The Kier molecular flexibility index (Phi) is 5.54. The van der Waals surface area contributed by atoms with Crippen molar-refractivity contribution < 1.29 is 14.3 Å². The SMILES string of the molecule is COc1cc(Cl)c(C)cc1NC(=O)C(=O)Nc1ccc(N)cc1Cl. The first-order valence-corrected chi connectivity index (χ1v) is 7.59. The monoisotopic (exact) mass is 367 g/mol. The lowest BCUT2D eigenvalue weighted by molar-refractivity contribution is -0.133. The van der Waals surface area contributed by atoms with Gasteiger partial charge in [-0.3, -0.25) is 9.59 Å². The summed E-state index contributed by atoms with van der Waals surface area (Å²) in [5.41, 5.74) is 7.38. The van der Waals surface area contributed by atoms with E-state index in [0.717, 1.165) is 5.56 Å². The van der Waals surface area contributed by atoms with E-state index in [9.17, 15) is 9.59 Å². The first kappa shape index (κ1) is 17.9. The molecule has 24 heavy (non-hydrogen) atoms. The van der Waals surface area contributed by atoms with E-state index < -0.39 is 11.8 Å². The van der Waals surface area contributed by atoms with E-state index in [-0.39, 0.29) is 10.7 Å². The molecule has 2 aromatic rings. The molecule has 126 valence electrons. The minimum absolute atomic E-state index is 0.232. The van der Waals surface area contributed by atoms with Crippen molar-refractivity contribution in [2.24, 2.45) is 0 Å². The predicted octanol–water partition coefficient (Wildman–Crippen LogP) is 3.47. The van der Waals surface area contributed by atoms with E-state index in [1.54, 1.807) is 25.1 Å². The van der Waals surface area contributed by atoms with Gasteiger partial charge in [0.25, 0.3) is 0 Å². The van der Waals surface area contributed by atoms with Crippen molar-refractivity contribution in [3.8, 4) is 5.75 Å². The number of benzene rings is 2. The lowest BCUT2D eigenvalue weighted by atomic mass is 10.2. The summed E-state index contributed by atoms with van der Waals surface area (Å²) in [6, 6.07) is 7.71. The van der Waals surface area contributed by atoms with Crippen LogP contribution in [0.2, 0.25) is 10.0 Å². The molecule has 0 spiro atoms. The van der Waals surface area contributed by atoms with Crippen molar-refractivity contribution in [3.05, 3.63) is 45.9 Å². The van der Waals surface area contributed by atoms with Gasteiger partial charge in [0.15, 0.2) is 0 Å². The molecule has 4 N–H and O–H groups in total. The van der Waals surface area contributed by atoms with Gasteiger partial charge < -0.3 is 21.1 Å². The third-order valence-corrected chi connectivity index (χ3v) is 3.90. The zero-order valence-corrected chi connectivity index (χ0v) is 14.5. The second-order valence-corrected chi connectivity index (χ2v) is 5.76. The van der Waals surface area contributed by atoms with Crippen LogP contribution in [0.25, 0.3) is 0 Å². The second-order valence-electron chi connectivity index (χ2n) is 4.95. The molecule has 0 atom stereocenters. The quantitative estimate of drug-likeness (QED) is 0.571. The maximum atomic E-state index is 12.1. The summed E-state index contributed by atoms with van der Waals surface area (Å²) in [7, 11) is 1.44. The molecule has 6 nitrogen and oxygen atoms in total. The van der Waals surface area contributed by atoms with Gasteiger partial charge >= 0.3 is 11.8 Å². The fourth-order valence-corrected chi connectivity index (χ4v) is 2.31. The normalized spacial score (nSPS) is 10.2. The van der Waals surface area contributed by atoms with E-state index in [1.165, 1.54) is 19.2 Å². The third kappa shape index (κ3) is 4.10. The Bertz CT molecular complexity index is 809. The number of amides is 2.